The van der Waals surface area contributed by atoms with Crippen molar-refractivity contribution in [3.05, 3.63) is 0 Å². The van der Waals surface area contributed by atoms with Crippen LogP contribution >= 0.6 is 0 Å². The zero-order chi connectivity index (χ0) is 14.7. The van der Waals surface area contributed by atoms with Gasteiger partial charge in [0, 0.05) is 25.2 Å². The van der Waals surface area contributed by atoms with Crippen LogP contribution in [0.5, 0.6) is 0 Å². The van der Waals surface area contributed by atoms with E-state index in [1.165, 1.54) is 77.4 Å². The Morgan fingerprint density at radius 1 is 1.05 bits per heavy atom. The van der Waals surface area contributed by atoms with Crippen molar-refractivity contribution in [1.82, 2.24) is 10.2 Å². The Labute approximate surface area is 132 Å². The highest BCUT2D eigenvalue weighted by molar-refractivity contribution is 4.91. The zero-order valence-electron chi connectivity index (χ0n) is 14.3. The van der Waals surface area contributed by atoms with Crippen molar-refractivity contribution in [2.24, 2.45) is 17.8 Å². The van der Waals surface area contributed by atoms with Crippen LogP contribution in [0.2, 0.25) is 0 Å². The van der Waals surface area contributed by atoms with Crippen LogP contribution < -0.4 is 5.32 Å². The van der Waals surface area contributed by atoms with Crippen molar-refractivity contribution in [3.8, 4) is 0 Å². The molecule has 2 saturated carbocycles. The Morgan fingerprint density at radius 2 is 1.81 bits per heavy atom. The molecule has 0 spiro atoms. The Morgan fingerprint density at radius 3 is 2.48 bits per heavy atom. The molecule has 3 rings (SSSR count). The van der Waals surface area contributed by atoms with Crippen LogP contribution in [0.15, 0.2) is 0 Å². The lowest BCUT2D eigenvalue weighted by molar-refractivity contribution is 0.0704. The van der Waals surface area contributed by atoms with Crippen LogP contribution in [0.4, 0.5) is 0 Å². The summed E-state index contributed by atoms with van der Waals surface area (Å²) in [4.78, 5) is 2.85. The van der Waals surface area contributed by atoms with E-state index >= 15 is 0 Å². The van der Waals surface area contributed by atoms with E-state index in [0.717, 1.165) is 29.8 Å². The van der Waals surface area contributed by atoms with Crippen molar-refractivity contribution < 1.29 is 0 Å². The molecule has 2 nitrogen and oxygen atoms in total. The van der Waals surface area contributed by atoms with Gasteiger partial charge in [-0.3, -0.25) is 4.90 Å². The molecule has 0 aromatic rings. The second-order valence-corrected chi connectivity index (χ2v) is 8.30. The molecule has 0 aromatic carbocycles. The molecule has 122 valence electrons. The summed E-state index contributed by atoms with van der Waals surface area (Å²) in [6.45, 7) is 8.70. The van der Waals surface area contributed by atoms with Gasteiger partial charge in [0.2, 0.25) is 0 Å². The predicted octanol–water partition coefficient (Wildman–Crippen LogP) is 4.06. The summed E-state index contributed by atoms with van der Waals surface area (Å²) in [5.41, 5.74) is 0. The Balaban J connectivity index is 1.51. The minimum absolute atomic E-state index is 0.768. The van der Waals surface area contributed by atoms with Gasteiger partial charge in [-0.05, 0) is 50.0 Å². The Bertz CT molecular complexity index is 305. The molecule has 2 unspecified atom stereocenters. The Kier molecular flexibility index (Phi) is 5.61. The van der Waals surface area contributed by atoms with Crippen LogP contribution in [-0.4, -0.2) is 36.6 Å². The lowest BCUT2D eigenvalue weighted by Gasteiger charge is -2.45. The molecule has 3 fully saturated rings. The number of nitrogens with one attached hydrogen (secondary N) is 1. The fourth-order valence-electron chi connectivity index (χ4n) is 4.61. The molecule has 3 aliphatic rings. The van der Waals surface area contributed by atoms with Crippen molar-refractivity contribution >= 4 is 0 Å². The summed E-state index contributed by atoms with van der Waals surface area (Å²) in [6, 6.07) is 1.55. The van der Waals surface area contributed by atoms with Gasteiger partial charge in [-0.2, -0.15) is 0 Å². The number of hydrogen-bond donors (Lipinski definition) is 1. The highest BCUT2D eigenvalue weighted by Gasteiger charge is 2.34. The van der Waals surface area contributed by atoms with E-state index in [-0.39, 0.29) is 0 Å². The maximum absolute atomic E-state index is 3.92. The first kappa shape index (κ1) is 15.8. The van der Waals surface area contributed by atoms with Crippen molar-refractivity contribution in [1.29, 1.82) is 0 Å². The molecule has 0 amide bonds. The minimum atomic E-state index is 0.768. The topological polar surface area (TPSA) is 15.3 Å². The summed E-state index contributed by atoms with van der Waals surface area (Å²) >= 11 is 0. The van der Waals surface area contributed by atoms with Gasteiger partial charge in [-0.25, -0.2) is 0 Å². The average Bonchev–Trinajstić information content (AvgIpc) is 3.32. The van der Waals surface area contributed by atoms with Crippen LogP contribution in [0.1, 0.15) is 71.6 Å². The summed E-state index contributed by atoms with van der Waals surface area (Å²) < 4.78 is 0. The van der Waals surface area contributed by atoms with Crippen LogP contribution in [0.25, 0.3) is 0 Å². The monoisotopic (exact) mass is 292 g/mol. The lowest BCUT2D eigenvalue weighted by atomic mass is 9.82. The minimum Gasteiger partial charge on any atom is -0.311 e. The van der Waals surface area contributed by atoms with Crippen LogP contribution in [-0.2, 0) is 0 Å². The van der Waals surface area contributed by atoms with Crippen LogP contribution in [0.3, 0.4) is 0 Å². The molecule has 0 bridgehead atoms. The summed E-state index contributed by atoms with van der Waals surface area (Å²) in [5.74, 6) is 2.84. The SMILES string of the molecule is CC(C)C1CNC(C2CCCCC2)CN1CCCC1CC1. The van der Waals surface area contributed by atoms with E-state index in [1.54, 1.807) is 0 Å². The molecule has 21 heavy (non-hydrogen) atoms. The molecule has 1 aliphatic heterocycles. The molecule has 0 radical (unpaired) electrons. The van der Waals surface area contributed by atoms with E-state index in [1.807, 2.05) is 0 Å². The fraction of sp³-hybridized carbons (Fsp3) is 1.00. The van der Waals surface area contributed by atoms with E-state index in [4.69, 9.17) is 0 Å². The maximum atomic E-state index is 3.92. The summed E-state index contributed by atoms with van der Waals surface area (Å²) in [6.07, 6.45) is 13.3. The lowest BCUT2D eigenvalue weighted by Crippen LogP contribution is -2.60. The van der Waals surface area contributed by atoms with Gasteiger partial charge < -0.3 is 5.32 Å². The molecular weight excluding hydrogens is 256 g/mol. The van der Waals surface area contributed by atoms with Crippen molar-refractivity contribution in [2.45, 2.75) is 83.7 Å². The van der Waals surface area contributed by atoms with E-state index in [9.17, 15) is 0 Å². The number of piperazine rings is 1. The third-order valence-corrected chi connectivity index (χ3v) is 6.23. The predicted molar refractivity (Wildman–Crippen MR) is 90.5 cm³/mol. The third-order valence-electron chi connectivity index (χ3n) is 6.23. The molecule has 2 aliphatic carbocycles. The van der Waals surface area contributed by atoms with Gasteiger partial charge in [0.25, 0.3) is 0 Å². The summed E-state index contributed by atoms with van der Waals surface area (Å²) in [5, 5.41) is 3.92. The molecule has 1 heterocycles. The second kappa shape index (κ2) is 7.46. The van der Waals surface area contributed by atoms with E-state index in [0.29, 0.717) is 0 Å². The van der Waals surface area contributed by atoms with Gasteiger partial charge in [-0.15, -0.1) is 0 Å². The van der Waals surface area contributed by atoms with Gasteiger partial charge in [0.05, 0.1) is 0 Å². The summed E-state index contributed by atoms with van der Waals surface area (Å²) in [7, 11) is 0. The molecular formula is C19H36N2. The van der Waals surface area contributed by atoms with Crippen LogP contribution in [0, 0.1) is 17.8 Å². The first-order chi connectivity index (χ1) is 10.2. The molecule has 0 aromatic heterocycles. The zero-order valence-corrected chi connectivity index (χ0v) is 14.3. The normalized spacial score (nSPS) is 32.7. The average molecular weight is 293 g/mol. The van der Waals surface area contributed by atoms with Crippen molar-refractivity contribution in [2.75, 3.05) is 19.6 Å². The van der Waals surface area contributed by atoms with Crippen molar-refractivity contribution in [3.63, 3.8) is 0 Å². The fourth-order valence-corrected chi connectivity index (χ4v) is 4.61. The first-order valence-corrected chi connectivity index (χ1v) is 9.71. The third kappa shape index (κ3) is 4.45. The highest BCUT2D eigenvalue weighted by Crippen LogP contribution is 2.34. The van der Waals surface area contributed by atoms with Gasteiger partial charge in [-0.1, -0.05) is 46.0 Å². The van der Waals surface area contributed by atoms with Gasteiger partial charge >= 0.3 is 0 Å². The standard InChI is InChI=1S/C19H36N2/c1-15(2)19-13-20-18(17-8-4-3-5-9-17)14-21(19)12-6-7-16-10-11-16/h15-20H,3-14H2,1-2H3. The number of nitrogens with zero attached hydrogens (tertiary/aromatic N) is 1. The van der Waals surface area contributed by atoms with Gasteiger partial charge in [0.1, 0.15) is 0 Å². The molecule has 2 heteroatoms. The molecule has 1 saturated heterocycles. The number of rotatable bonds is 6. The Hall–Kier alpha value is -0.0800. The number of hydrogen-bond acceptors (Lipinski definition) is 2. The largest absolute Gasteiger partial charge is 0.311 e. The molecule has 1 N–H and O–H groups in total. The highest BCUT2D eigenvalue weighted by atomic mass is 15.2. The van der Waals surface area contributed by atoms with E-state index in [2.05, 4.69) is 24.1 Å². The second-order valence-electron chi connectivity index (χ2n) is 8.30. The van der Waals surface area contributed by atoms with Gasteiger partial charge in [0.15, 0.2) is 0 Å². The smallest absolute Gasteiger partial charge is 0.0244 e. The first-order valence-electron chi connectivity index (χ1n) is 9.71. The maximum Gasteiger partial charge on any atom is 0.0244 e. The van der Waals surface area contributed by atoms with E-state index < -0.39 is 0 Å². The molecule has 2 atom stereocenters. The quantitative estimate of drug-likeness (QED) is 0.794.